The molecule has 0 N–H and O–H groups in total. The van der Waals surface area contributed by atoms with Gasteiger partial charge in [0.05, 0.1) is 18.7 Å². The minimum Gasteiger partial charge on any atom is -0.377 e. The van der Waals surface area contributed by atoms with E-state index >= 15 is 0 Å². The highest BCUT2D eigenvalue weighted by atomic mass is 16.5. The van der Waals surface area contributed by atoms with Crippen molar-refractivity contribution >= 4 is 0 Å². The molecule has 0 bridgehead atoms. The normalized spacial score (nSPS) is 30.6. The van der Waals surface area contributed by atoms with Gasteiger partial charge in [-0.05, 0) is 39.3 Å². The van der Waals surface area contributed by atoms with Crippen LogP contribution >= 0.6 is 0 Å². The first-order chi connectivity index (χ1) is 8.29. The average Bonchev–Trinajstić information content (AvgIpc) is 2.82. The molecule has 2 saturated heterocycles. The molecule has 2 fully saturated rings. The van der Waals surface area contributed by atoms with Crippen LogP contribution in [-0.4, -0.2) is 61.8 Å². The molecule has 0 saturated carbocycles. The molecule has 4 nitrogen and oxygen atoms in total. The van der Waals surface area contributed by atoms with Crippen LogP contribution in [0.15, 0.2) is 0 Å². The summed E-state index contributed by atoms with van der Waals surface area (Å²) in [4.78, 5) is 4.69. The lowest BCUT2D eigenvalue weighted by Crippen LogP contribution is -2.48. The minimum atomic E-state index is 0.454. The largest absolute Gasteiger partial charge is 0.377 e. The Balaban J connectivity index is 1.78. The van der Waals surface area contributed by atoms with E-state index in [0.717, 1.165) is 19.7 Å². The Morgan fingerprint density at radius 2 is 2.29 bits per heavy atom. The van der Waals surface area contributed by atoms with Crippen molar-refractivity contribution in [2.75, 3.05) is 39.8 Å². The van der Waals surface area contributed by atoms with E-state index in [9.17, 15) is 0 Å². The molecule has 0 amide bonds. The molecule has 17 heavy (non-hydrogen) atoms. The summed E-state index contributed by atoms with van der Waals surface area (Å²) in [7, 11) is 2.06. The SMILES string of the molecule is CN(CC#N)C1CCCN(CC2CCCO2)C1. The molecule has 2 atom stereocenters. The van der Waals surface area contributed by atoms with Crippen LogP contribution in [0.25, 0.3) is 0 Å². The van der Waals surface area contributed by atoms with Gasteiger partial charge >= 0.3 is 0 Å². The maximum absolute atomic E-state index is 8.74. The van der Waals surface area contributed by atoms with Crippen LogP contribution in [0, 0.1) is 11.3 Å². The van der Waals surface area contributed by atoms with Gasteiger partial charge in [-0.3, -0.25) is 9.80 Å². The second-order valence-corrected chi connectivity index (χ2v) is 5.26. The molecule has 0 spiro atoms. The van der Waals surface area contributed by atoms with Crippen LogP contribution in [0.3, 0.4) is 0 Å². The summed E-state index contributed by atoms with van der Waals surface area (Å²) in [6.45, 7) is 4.85. The molecule has 2 unspecified atom stereocenters. The van der Waals surface area contributed by atoms with Crippen molar-refractivity contribution in [3.63, 3.8) is 0 Å². The van der Waals surface area contributed by atoms with E-state index in [1.165, 1.54) is 32.2 Å². The molecule has 0 aromatic carbocycles. The van der Waals surface area contributed by atoms with E-state index in [2.05, 4.69) is 22.9 Å². The van der Waals surface area contributed by atoms with Crippen LogP contribution < -0.4 is 0 Å². The molecule has 96 valence electrons. The summed E-state index contributed by atoms with van der Waals surface area (Å²) >= 11 is 0. The van der Waals surface area contributed by atoms with Gasteiger partial charge in [-0.1, -0.05) is 0 Å². The third kappa shape index (κ3) is 3.67. The Bertz CT molecular complexity index is 270. The van der Waals surface area contributed by atoms with Crippen molar-refractivity contribution in [3.05, 3.63) is 0 Å². The molecule has 2 heterocycles. The Kier molecular flexibility index (Phi) is 4.78. The third-order valence-electron chi connectivity index (χ3n) is 3.91. The molecule has 0 aromatic heterocycles. The quantitative estimate of drug-likeness (QED) is 0.686. The smallest absolute Gasteiger partial charge is 0.0866 e. The van der Waals surface area contributed by atoms with Crippen LogP contribution in [0.5, 0.6) is 0 Å². The summed E-state index contributed by atoms with van der Waals surface area (Å²) in [5, 5.41) is 8.74. The van der Waals surface area contributed by atoms with Crippen LogP contribution in [0.4, 0.5) is 0 Å². The van der Waals surface area contributed by atoms with E-state index < -0.39 is 0 Å². The first-order valence-corrected chi connectivity index (χ1v) is 6.70. The lowest BCUT2D eigenvalue weighted by Gasteiger charge is -2.37. The van der Waals surface area contributed by atoms with E-state index in [4.69, 9.17) is 10.00 Å². The lowest BCUT2D eigenvalue weighted by molar-refractivity contribution is 0.0482. The Morgan fingerprint density at radius 3 is 3.00 bits per heavy atom. The van der Waals surface area contributed by atoms with Crippen molar-refractivity contribution in [2.24, 2.45) is 0 Å². The second-order valence-electron chi connectivity index (χ2n) is 5.26. The molecule has 2 aliphatic heterocycles. The zero-order valence-corrected chi connectivity index (χ0v) is 10.8. The monoisotopic (exact) mass is 237 g/mol. The second kappa shape index (κ2) is 6.34. The molecule has 2 rings (SSSR count). The van der Waals surface area contributed by atoms with Crippen molar-refractivity contribution in [3.8, 4) is 6.07 Å². The van der Waals surface area contributed by atoms with Crippen molar-refractivity contribution < 1.29 is 4.74 Å². The number of nitrogens with zero attached hydrogens (tertiary/aromatic N) is 3. The van der Waals surface area contributed by atoms with Crippen molar-refractivity contribution in [2.45, 2.75) is 37.8 Å². The minimum absolute atomic E-state index is 0.454. The van der Waals surface area contributed by atoms with Crippen LogP contribution in [-0.2, 0) is 4.74 Å². The topological polar surface area (TPSA) is 39.5 Å². The van der Waals surface area contributed by atoms with Gasteiger partial charge in [0.1, 0.15) is 0 Å². The van der Waals surface area contributed by atoms with Crippen molar-refractivity contribution in [1.82, 2.24) is 9.80 Å². The number of hydrogen-bond donors (Lipinski definition) is 0. The lowest BCUT2D eigenvalue weighted by atomic mass is 10.0. The first kappa shape index (κ1) is 12.8. The van der Waals surface area contributed by atoms with Gasteiger partial charge in [0.2, 0.25) is 0 Å². The van der Waals surface area contributed by atoms with E-state index in [0.29, 0.717) is 18.7 Å². The highest BCUT2D eigenvalue weighted by molar-refractivity contribution is 4.85. The van der Waals surface area contributed by atoms with E-state index in [1.807, 2.05) is 0 Å². The fourth-order valence-corrected chi connectivity index (χ4v) is 2.87. The third-order valence-corrected chi connectivity index (χ3v) is 3.91. The highest BCUT2D eigenvalue weighted by Gasteiger charge is 2.26. The first-order valence-electron chi connectivity index (χ1n) is 6.70. The highest BCUT2D eigenvalue weighted by Crippen LogP contribution is 2.18. The summed E-state index contributed by atoms with van der Waals surface area (Å²) < 4.78 is 5.69. The predicted octanol–water partition coefficient (Wildman–Crippen LogP) is 1.09. The molecule has 0 radical (unpaired) electrons. The Labute approximate surface area is 104 Å². The fourth-order valence-electron chi connectivity index (χ4n) is 2.87. The Morgan fingerprint density at radius 1 is 1.41 bits per heavy atom. The number of rotatable bonds is 4. The predicted molar refractivity (Wildman–Crippen MR) is 66.7 cm³/mol. The number of ether oxygens (including phenoxy) is 1. The van der Waals surface area contributed by atoms with Gasteiger partial charge < -0.3 is 4.74 Å². The molecular formula is C13H23N3O. The number of likely N-dealkylation sites (N-methyl/N-ethyl adjacent to an activating group) is 1. The number of piperidine rings is 1. The molecule has 0 aliphatic carbocycles. The van der Waals surface area contributed by atoms with Crippen LogP contribution in [0.2, 0.25) is 0 Å². The maximum Gasteiger partial charge on any atom is 0.0866 e. The maximum atomic E-state index is 8.74. The van der Waals surface area contributed by atoms with Gasteiger partial charge in [-0.15, -0.1) is 0 Å². The fraction of sp³-hybridized carbons (Fsp3) is 0.923. The van der Waals surface area contributed by atoms with Crippen LogP contribution in [0.1, 0.15) is 25.7 Å². The summed E-state index contributed by atoms with van der Waals surface area (Å²) in [6.07, 6.45) is 5.36. The molecule has 4 heteroatoms. The van der Waals surface area contributed by atoms with Gasteiger partial charge in [0, 0.05) is 25.7 Å². The number of nitriles is 1. The van der Waals surface area contributed by atoms with Crippen molar-refractivity contribution in [1.29, 1.82) is 5.26 Å². The van der Waals surface area contributed by atoms with Gasteiger partial charge in [-0.25, -0.2) is 0 Å². The van der Waals surface area contributed by atoms with Gasteiger partial charge in [0.15, 0.2) is 0 Å². The number of likely N-dealkylation sites (tertiary alicyclic amines) is 1. The molecule has 2 aliphatic rings. The standard InChI is InChI=1S/C13H23N3O/c1-15(8-6-14)12-4-2-7-16(10-12)11-13-5-3-9-17-13/h12-13H,2-5,7-11H2,1H3. The van der Waals surface area contributed by atoms with Gasteiger partial charge in [-0.2, -0.15) is 5.26 Å². The van der Waals surface area contributed by atoms with E-state index in [-0.39, 0.29) is 0 Å². The molecular weight excluding hydrogens is 214 g/mol. The molecule has 0 aromatic rings. The Hall–Kier alpha value is -0.630. The average molecular weight is 237 g/mol. The number of hydrogen-bond acceptors (Lipinski definition) is 4. The zero-order chi connectivity index (χ0) is 12.1. The van der Waals surface area contributed by atoms with E-state index in [1.54, 1.807) is 0 Å². The summed E-state index contributed by atoms with van der Waals surface area (Å²) in [5.74, 6) is 0. The zero-order valence-electron chi connectivity index (χ0n) is 10.8. The summed E-state index contributed by atoms with van der Waals surface area (Å²) in [5.41, 5.74) is 0. The summed E-state index contributed by atoms with van der Waals surface area (Å²) in [6, 6.07) is 2.78. The van der Waals surface area contributed by atoms with Gasteiger partial charge in [0.25, 0.3) is 0 Å².